The summed E-state index contributed by atoms with van der Waals surface area (Å²) < 4.78 is 9.74. The number of ether oxygens (including phenoxy) is 2. The molecule has 0 aliphatic heterocycles. The van der Waals surface area contributed by atoms with E-state index in [4.69, 9.17) is 4.74 Å². The van der Waals surface area contributed by atoms with Crippen LogP contribution in [-0.2, 0) is 4.74 Å². The number of rotatable bonds is 4. The summed E-state index contributed by atoms with van der Waals surface area (Å²) in [5.74, 6) is 0.475. The first-order chi connectivity index (χ1) is 9.22. The van der Waals surface area contributed by atoms with Crippen molar-refractivity contribution in [2.45, 2.75) is 0 Å². The molecule has 4 nitrogen and oxygen atoms in total. The lowest BCUT2D eigenvalue weighted by atomic mass is 10.2. The normalized spacial score (nSPS) is 9.79. The second-order valence-electron chi connectivity index (χ2n) is 3.92. The number of esters is 1. The zero-order chi connectivity index (χ0) is 13.7. The second kappa shape index (κ2) is 5.91. The van der Waals surface area contributed by atoms with Gasteiger partial charge in [-0.25, -0.2) is 4.79 Å². The van der Waals surface area contributed by atoms with Crippen molar-refractivity contribution < 1.29 is 14.3 Å². The fourth-order valence-corrected chi connectivity index (χ4v) is 1.65. The van der Waals surface area contributed by atoms with Crippen molar-refractivity contribution in [3.05, 3.63) is 54.1 Å². The van der Waals surface area contributed by atoms with Gasteiger partial charge in [-0.1, -0.05) is 0 Å². The Morgan fingerprint density at radius 3 is 1.89 bits per heavy atom. The van der Waals surface area contributed by atoms with Gasteiger partial charge in [0.2, 0.25) is 0 Å². The lowest BCUT2D eigenvalue weighted by Gasteiger charge is -2.08. The number of carbonyl (C=O) groups excluding carboxylic acids is 1. The van der Waals surface area contributed by atoms with Gasteiger partial charge >= 0.3 is 5.97 Å². The zero-order valence-corrected chi connectivity index (χ0v) is 10.8. The average Bonchev–Trinajstić information content (AvgIpc) is 2.48. The van der Waals surface area contributed by atoms with Crippen molar-refractivity contribution in [1.82, 2.24) is 0 Å². The number of hydrogen-bond acceptors (Lipinski definition) is 4. The number of methoxy groups -OCH3 is 2. The molecular weight excluding hydrogens is 242 g/mol. The molecule has 98 valence electrons. The Kier molecular flexibility index (Phi) is 4.03. The van der Waals surface area contributed by atoms with E-state index in [1.807, 2.05) is 36.4 Å². The Morgan fingerprint density at radius 1 is 0.895 bits per heavy atom. The average molecular weight is 257 g/mol. The van der Waals surface area contributed by atoms with Crippen LogP contribution >= 0.6 is 0 Å². The quantitative estimate of drug-likeness (QED) is 0.854. The van der Waals surface area contributed by atoms with E-state index in [-0.39, 0.29) is 5.97 Å². The molecule has 2 rings (SSSR count). The molecule has 0 aromatic heterocycles. The molecule has 0 atom stereocenters. The summed E-state index contributed by atoms with van der Waals surface area (Å²) in [6, 6.07) is 14.7. The van der Waals surface area contributed by atoms with Gasteiger partial charge in [-0.3, -0.25) is 0 Å². The van der Waals surface area contributed by atoms with E-state index in [1.165, 1.54) is 7.11 Å². The maximum atomic E-state index is 11.3. The van der Waals surface area contributed by atoms with Crippen LogP contribution in [0.2, 0.25) is 0 Å². The molecule has 0 aliphatic carbocycles. The van der Waals surface area contributed by atoms with Crippen LogP contribution in [0.5, 0.6) is 5.75 Å². The van der Waals surface area contributed by atoms with Crippen LogP contribution in [0, 0.1) is 0 Å². The van der Waals surface area contributed by atoms with Gasteiger partial charge in [0.15, 0.2) is 0 Å². The second-order valence-corrected chi connectivity index (χ2v) is 3.92. The first-order valence-corrected chi connectivity index (χ1v) is 5.82. The Balaban J connectivity index is 2.08. The maximum Gasteiger partial charge on any atom is 0.337 e. The van der Waals surface area contributed by atoms with Gasteiger partial charge in [0.05, 0.1) is 19.8 Å². The minimum Gasteiger partial charge on any atom is -0.497 e. The third-order valence-electron chi connectivity index (χ3n) is 2.68. The number of hydrogen-bond donors (Lipinski definition) is 1. The lowest BCUT2D eigenvalue weighted by Crippen LogP contribution is -2.00. The van der Waals surface area contributed by atoms with Gasteiger partial charge < -0.3 is 14.8 Å². The molecular formula is C15H15NO3. The van der Waals surface area contributed by atoms with E-state index in [0.717, 1.165) is 17.1 Å². The van der Waals surface area contributed by atoms with Crippen molar-refractivity contribution in [1.29, 1.82) is 0 Å². The Bertz CT molecular complexity index is 547. The SMILES string of the molecule is COC(=O)c1ccc(Nc2ccc(OC)cc2)cc1. The van der Waals surface area contributed by atoms with Gasteiger partial charge in [-0.05, 0) is 48.5 Å². The highest BCUT2D eigenvalue weighted by atomic mass is 16.5. The predicted molar refractivity (Wildman–Crippen MR) is 74.1 cm³/mol. The van der Waals surface area contributed by atoms with Gasteiger partial charge in [0.1, 0.15) is 5.75 Å². The first-order valence-electron chi connectivity index (χ1n) is 5.82. The number of benzene rings is 2. The molecule has 0 bridgehead atoms. The van der Waals surface area contributed by atoms with Crippen molar-refractivity contribution >= 4 is 17.3 Å². The molecule has 0 amide bonds. The molecule has 2 aromatic carbocycles. The summed E-state index contributed by atoms with van der Waals surface area (Å²) in [6.07, 6.45) is 0. The Hall–Kier alpha value is -2.49. The van der Waals surface area contributed by atoms with Crippen LogP contribution in [0.1, 0.15) is 10.4 Å². The lowest BCUT2D eigenvalue weighted by molar-refractivity contribution is 0.0601. The third kappa shape index (κ3) is 3.25. The fraction of sp³-hybridized carbons (Fsp3) is 0.133. The largest absolute Gasteiger partial charge is 0.497 e. The van der Waals surface area contributed by atoms with Crippen LogP contribution in [0.3, 0.4) is 0 Å². The van der Waals surface area contributed by atoms with E-state index in [9.17, 15) is 4.79 Å². The predicted octanol–water partition coefficient (Wildman–Crippen LogP) is 3.23. The Labute approximate surface area is 112 Å². The summed E-state index contributed by atoms with van der Waals surface area (Å²) in [7, 11) is 3.00. The molecule has 0 aliphatic rings. The maximum absolute atomic E-state index is 11.3. The highest BCUT2D eigenvalue weighted by molar-refractivity contribution is 5.89. The van der Waals surface area contributed by atoms with E-state index in [1.54, 1.807) is 19.2 Å². The summed E-state index contributed by atoms with van der Waals surface area (Å²) in [5, 5.41) is 3.23. The summed E-state index contributed by atoms with van der Waals surface area (Å²) in [5.41, 5.74) is 2.38. The van der Waals surface area contributed by atoms with Crippen LogP contribution in [0.15, 0.2) is 48.5 Å². The van der Waals surface area contributed by atoms with Gasteiger partial charge in [0.25, 0.3) is 0 Å². The van der Waals surface area contributed by atoms with Gasteiger partial charge in [0, 0.05) is 11.4 Å². The Morgan fingerprint density at radius 2 is 1.42 bits per heavy atom. The highest BCUT2D eigenvalue weighted by Crippen LogP contribution is 2.20. The van der Waals surface area contributed by atoms with E-state index in [0.29, 0.717) is 5.56 Å². The third-order valence-corrected chi connectivity index (χ3v) is 2.68. The summed E-state index contributed by atoms with van der Waals surface area (Å²) >= 11 is 0. The minimum atomic E-state index is -0.337. The molecule has 0 heterocycles. The number of anilines is 2. The van der Waals surface area contributed by atoms with Crippen LogP contribution in [0.25, 0.3) is 0 Å². The van der Waals surface area contributed by atoms with Crippen molar-refractivity contribution in [2.24, 2.45) is 0 Å². The molecule has 0 unspecified atom stereocenters. The standard InChI is InChI=1S/C15H15NO3/c1-18-14-9-7-13(8-10-14)16-12-5-3-11(4-6-12)15(17)19-2/h3-10,16H,1-2H3. The van der Waals surface area contributed by atoms with E-state index in [2.05, 4.69) is 10.1 Å². The molecule has 0 saturated carbocycles. The first kappa shape index (κ1) is 13.0. The summed E-state index contributed by atoms with van der Waals surface area (Å²) in [6.45, 7) is 0. The number of carbonyl (C=O) groups is 1. The van der Waals surface area contributed by atoms with Crippen molar-refractivity contribution in [2.75, 3.05) is 19.5 Å². The fourth-order valence-electron chi connectivity index (χ4n) is 1.65. The summed E-state index contributed by atoms with van der Waals surface area (Å²) in [4.78, 5) is 11.3. The molecule has 19 heavy (non-hydrogen) atoms. The van der Waals surface area contributed by atoms with Crippen molar-refractivity contribution in [3.63, 3.8) is 0 Å². The number of nitrogens with one attached hydrogen (secondary N) is 1. The van der Waals surface area contributed by atoms with Gasteiger partial charge in [-0.2, -0.15) is 0 Å². The smallest absolute Gasteiger partial charge is 0.337 e. The zero-order valence-electron chi connectivity index (χ0n) is 10.8. The van der Waals surface area contributed by atoms with Crippen LogP contribution in [-0.4, -0.2) is 20.2 Å². The van der Waals surface area contributed by atoms with Crippen LogP contribution in [0.4, 0.5) is 11.4 Å². The molecule has 1 N–H and O–H groups in total. The molecule has 0 radical (unpaired) electrons. The van der Waals surface area contributed by atoms with Crippen LogP contribution < -0.4 is 10.1 Å². The van der Waals surface area contributed by atoms with E-state index >= 15 is 0 Å². The van der Waals surface area contributed by atoms with E-state index < -0.39 is 0 Å². The van der Waals surface area contributed by atoms with Crippen molar-refractivity contribution in [3.8, 4) is 5.75 Å². The molecule has 4 heteroatoms. The highest BCUT2D eigenvalue weighted by Gasteiger charge is 2.04. The molecule has 0 fully saturated rings. The monoisotopic (exact) mass is 257 g/mol. The molecule has 0 saturated heterocycles. The van der Waals surface area contributed by atoms with Gasteiger partial charge in [-0.15, -0.1) is 0 Å². The molecule has 0 spiro atoms. The minimum absolute atomic E-state index is 0.337. The topological polar surface area (TPSA) is 47.6 Å². The molecule has 2 aromatic rings.